The molecule has 0 atom stereocenters. The molecule has 0 saturated heterocycles. The lowest BCUT2D eigenvalue weighted by atomic mass is 10.2. The summed E-state index contributed by atoms with van der Waals surface area (Å²) in [5, 5.41) is 10.9. The maximum atomic E-state index is 12.3. The van der Waals surface area contributed by atoms with Gasteiger partial charge in [-0.15, -0.1) is 0 Å². The van der Waals surface area contributed by atoms with E-state index in [1.165, 1.54) is 12.1 Å². The highest BCUT2D eigenvalue weighted by molar-refractivity contribution is 5.80. The zero-order chi connectivity index (χ0) is 18.1. The van der Waals surface area contributed by atoms with Crippen LogP contribution in [0.5, 0.6) is 0 Å². The van der Waals surface area contributed by atoms with Crippen molar-refractivity contribution in [3.8, 4) is 0 Å². The smallest absolute Gasteiger partial charge is 0.306 e. The Morgan fingerprint density at radius 1 is 1.44 bits per heavy atom. The van der Waals surface area contributed by atoms with E-state index in [0.29, 0.717) is 35.4 Å². The fourth-order valence-corrected chi connectivity index (χ4v) is 2.80. The minimum atomic E-state index is -0.520. The molecule has 0 aliphatic carbocycles. The third kappa shape index (κ3) is 2.95. The number of H-pyrrole nitrogens is 1. The average molecular weight is 344 g/mol. The summed E-state index contributed by atoms with van der Waals surface area (Å²) in [4.78, 5) is 41.2. The number of hydrogen-bond acceptors (Lipinski definition) is 6. The molecule has 0 amide bonds. The van der Waals surface area contributed by atoms with E-state index in [4.69, 9.17) is 4.74 Å². The molecule has 3 aromatic rings. The van der Waals surface area contributed by atoms with Gasteiger partial charge in [-0.2, -0.15) is 0 Å². The zero-order valence-corrected chi connectivity index (χ0v) is 13.7. The minimum absolute atomic E-state index is 0.109. The molecule has 3 rings (SSSR count). The second-order valence-corrected chi connectivity index (χ2v) is 5.52. The first-order chi connectivity index (χ1) is 11.9. The molecule has 9 heteroatoms. The topological polar surface area (TPSA) is 120 Å². The van der Waals surface area contributed by atoms with Gasteiger partial charge in [0.25, 0.3) is 11.2 Å². The first kappa shape index (κ1) is 16.6. The number of carbonyl (C=O) groups is 1. The van der Waals surface area contributed by atoms with Crippen LogP contribution < -0.4 is 5.56 Å². The highest BCUT2D eigenvalue weighted by atomic mass is 16.6. The number of esters is 1. The number of ether oxygens (including phenoxy) is 1. The summed E-state index contributed by atoms with van der Waals surface area (Å²) >= 11 is 0. The molecule has 0 aliphatic heterocycles. The van der Waals surface area contributed by atoms with Gasteiger partial charge in [0.2, 0.25) is 5.65 Å². The Hall–Kier alpha value is -3.23. The molecule has 0 unspecified atom stereocenters. The number of aryl methyl sites for hydroxylation is 2. The molecule has 25 heavy (non-hydrogen) atoms. The number of carbonyl (C=O) groups excluding carboxylic acids is 1. The lowest BCUT2D eigenvalue weighted by molar-refractivity contribution is -0.384. The molecule has 0 fully saturated rings. The van der Waals surface area contributed by atoms with E-state index < -0.39 is 10.5 Å². The number of aromatic amines is 1. The SMILES string of the molecule is CCOC(=O)CCc1nc2c(=O)[nH]c3cc([N+](=O)[O-])ccc3n2c1C. The molecule has 0 aliphatic rings. The summed E-state index contributed by atoms with van der Waals surface area (Å²) in [6, 6.07) is 4.26. The molecule has 0 spiro atoms. The third-order valence-electron chi connectivity index (χ3n) is 3.96. The Labute approximate surface area is 141 Å². The molecular formula is C16H16N4O5. The van der Waals surface area contributed by atoms with Gasteiger partial charge in [0.1, 0.15) is 0 Å². The maximum absolute atomic E-state index is 12.3. The summed E-state index contributed by atoms with van der Waals surface area (Å²) < 4.78 is 6.55. The Morgan fingerprint density at radius 3 is 2.88 bits per heavy atom. The van der Waals surface area contributed by atoms with Crippen LogP contribution in [0.25, 0.3) is 16.7 Å². The second-order valence-electron chi connectivity index (χ2n) is 5.52. The van der Waals surface area contributed by atoms with Crippen molar-refractivity contribution >= 4 is 28.3 Å². The number of imidazole rings is 1. The quantitative estimate of drug-likeness (QED) is 0.429. The lowest BCUT2D eigenvalue weighted by Crippen LogP contribution is -2.11. The monoisotopic (exact) mass is 344 g/mol. The maximum Gasteiger partial charge on any atom is 0.306 e. The van der Waals surface area contributed by atoms with Crippen molar-refractivity contribution in [3.05, 3.63) is 50.1 Å². The summed E-state index contributed by atoms with van der Waals surface area (Å²) in [5.41, 5.74) is 1.92. The Bertz CT molecular complexity index is 1050. The van der Waals surface area contributed by atoms with Crippen molar-refractivity contribution in [1.29, 1.82) is 0 Å². The van der Waals surface area contributed by atoms with E-state index in [0.717, 1.165) is 0 Å². The van der Waals surface area contributed by atoms with Gasteiger partial charge in [-0.1, -0.05) is 0 Å². The minimum Gasteiger partial charge on any atom is -0.466 e. The molecule has 0 bridgehead atoms. The van der Waals surface area contributed by atoms with Crippen molar-refractivity contribution < 1.29 is 14.5 Å². The van der Waals surface area contributed by atoms with E-state index >= 15 is 0 Å². The molecule has 1 N–H and O–H groups in total. The lowest BCUT2D eigenvalue weighted by Gasteiger charge is -2.04. The van der Waals surface area contributed by atoms with Crippen LogP contribution in [0.2, 0.25) is 0 Å². The Balaban J connectivity index is 2.12. The number of rotatable bonds is 5. The highest BCUT2D eigenvalue weighted by Crippen LogP contribution is 2.22. The first-order valence-electron chi connectivity index (χ1n) is 7.76. The molecule has 1 aromatic carbocycles. The number of nitro groups is 1. The normalized spacial score (nSPS) is 11.1. The van der Waals surface area contributed by atoms with Crippen LogP contribution in [-0.4, -0.2) is 31.9 Å². The number of non-ortho nitro benzene ring substituents is 1. The van der Waals surface area contributed by atoms with Crippen LogP contribution in [0.4, 0.5) is 5.69 Å². The summed E-state index contributed by atoms with van der Waals surface area (Å²) in [5.74, 6) is -0.326. The van der Waals surface area contributed by atoms with Crippen LogP contribution in [0.15, 0.2) is 23.0 Å². The van der Waals surface area contributed by atoms with Crippen LogP contribution in [0.1, 0.15) is 24.7 Å². The van der Waals surface area contributed by atoms with E-state index in [2.05, 4.69) is 9.97 Å². The van der Waals surface area contributed by atoms with E-state index in [-0.39, 0.29) is 23.7 Å². The van der Waals surface area contributed by atoms with Gasteiger partial charge in [0, 0.05) is 24.2 Å². The van der Waals surface area contributed by atoms with E-state index in [1.807, 2.05) is 0 Å². The van der Waals surface area contributed by atoms with Gasteiger partial charge in [-0.25, -0.2) is 4.98 Å². The van der Waals surface area contributed by atoms with Gasteiger partial charge in [0.15, 0.2) is 0 Å². The molecule has 0 radical (unpaired) electrons. The number of nitrogens with zero attached hydrogens (tertiary/aromatic N) is 3. The predicted octanol–water partition coefficient (Wildman–Crippen LogP) is 1.89. The Kier molecular flexibility index (Phi) is 4.22. The number of hydrogen-bond donors (Lipinski definition) is 1. The van der Waals surface area contributed by atoms with Gasteiger partial charge in [0.05, 0.1) is 34.7 Å². The van der Waals surface area contributed by atoms with Crippen molar-refractivity contribution in [2.24, 2.45) is 0 Å². The van der Waals surface area contributed by atoms with Crippen LogP contribution >= 0.6 is 0 Å². The Morgan fingerprint density at radius 2 is 2.20 bits per heavy atom. The molecule has 0 saturated carbocycles. The molecule has 130 valence electrons. The number of nitrogens with one attached hydrogen (secondary N) is 1. The van der Waals surface area contributed by atoms with Gasteiger partial charge in [-0.3, -0.25) is 24.1 Å². The number of benzene rings is 1. The fraction of sp³-hybridized carbons (Fsp3) is 0.312. The second kappa shape index (κ2) is 6.34. The molecule has 9 nitrogen and oxygen atoms in total. The standard InChI is InChI=1S/C16H16N4O5/c1-3-25-14(21)7-5-11-9(2)19-13-6-4-10(20(23)24)8-12(13)18-16(22)15(19)17-11/h4,6,8H,3,5,7H2,1-2H3,(H,18,22). The summed E-state index contributed by atoms with van der Waals surface area (Å²) in [7, 11) is 0. The van der Waals surface area contributed by atoms with Crippen LogP contribution in [0, 0.1) is 17.0 Å². The van der Waals surface area contributed by atoms with Crippen molar-refractivity contribution in [1.82, 2.24) is 14.4 Å². The first-order valence-corrected chi connectivity index (χ1v) is 7.76. The third-order valence-corrected chi connectivity index (χ3v) is 3.96. The molecule has 2 heterocycles. The summed E-state index contributed by atoms with van der Waals surface area (Å²) in [6.07, 6.45) is 0.514. The van der Waals surface area contributed by atoms with Crippen LogP contribution in [-0.2, 0) is 16.0 Å². The zero-order valence-electron chi connectivity index (χ0n) is 13.7. The molecule has 2 aromatic heterocycles. The number of aromatic nitrogens is 3. The van der Waals surface area contributed by atoms with Crippen molar-refractivity contribution in [2.75, 3.05) is 6.61 Å². The van der Waals surface area contributed by atoms with Crippen LogP contribution in [0.3, 0.4) is 0 Å². The highest BCUT2D eigenvalue weighted by Gasteiger charge is 2.17. The fourth-order valence-electron chi connectivity index (χ4n) is 2.80. The van der Waals surface area contributed by atoms with E-state index in [9.17, 15) is 19.7 Å². The van der Waals surface area contributed by atoms with Gasteiger partial charge in [-0.05, 0) is 19.9 Å². The largest absolute Gasteiger partial charge is 0.466 e. The average Bonchev–Trinajstić information content (AvgIpc) is 2.90. The molecular weight excluding hydrogens is 328 g/mol. The number of nitro benzene ring substituents is 1. The van der Waals surface area contributed by atoms with E-state index in [1.54, 1.807) is 24.3 Å². The van der Waals surface area contributed by atoms with Gasteiger partial charge >= 0.3 is 5.97 Å². The predicted molar refractivity (Wildman–Crippen MR) is 89.7 cm³/mol. The summed E-state index contributed by atoms with van der Waals surface area (Å²) in [6.45, 7) is 3.84. The van der Waals surface area contributed by atoms with Crippen molar-refractivity contribution in [2.45, 2.75) is 26.7 Å². The van der Waals surface area contributed by atoms with Gasteiger partial charge < -0.3 is 9.72 Å². The number of fused-ring (bicyclic) bond motifs is 3. The van der Waals surface area contributed by atoms with Crippen molar-refractivity contribution in [3.63, 3.8) is 0 Å².